The first-order chi connectivity index (χ1) is 7.16. The van der Waals surface area contributed by atoms with Gasteiger partial charge in [0.2, 0.25) is 5.91 Å². The van der Waals surface area contributed by atoms with Crippen molar-refractivity contribution in [1.29, 1.82) is 0 Å². The number of amides is 1. The molecule has 2 aliphatic rings. The summed E-state index contributed by atoms with van der Waals surface area (Å²) in [5.74, 6) is 0.119. The minimum atomic E-state index is -0.230. The maximum absolute atomic E-state index is 11.8. The van der Waals surface area contributed by atoms with Gasteiger partial charge in [-0.3, -0.25) is 9.69 Å². The molecule has 0 radical (unpaired) electrons. The zero-order valence-electron chi connectivity index (χ0n) is 9.28. The van der Waals surface area contributed by atoms with E-state index in [1.54, 1.807) is 0 Å². The quantitative estimate of drug-likeness (QED) is 0.698. The van der Waals surface area contributed by atoms with Gasteiger partial charge in [-0.25, -0.2) is 0 Å². The van der Waals surface area contributed by atoms with Crippen molar-refractivity contribution in [2.75, 3.05) is 13.1 Å². The van der Waals surface area contributed by atoms with E-state index in [2.05, 4.69) is 5.32 Å². The van der Waals surface area contributed by atoms with Crippen molar-refractivity contribution in [3.63, 3.8) is 0 Å². The number of hydrogen-bond donors (Lipinski definition) is 2. The Morgan fingerprint density at radius 3 is 2.53 bits per heavy atom. The molecule has 0 spiro atoms. The molecular formula is C11H20N2O2. The van der Waals surface area contributed by atoms with Gasteiger partial charge in [-0.2, -0.15) is 0 Å². The molecule has 0 aromatic heterocycles. The smallest absolute Gasteiger partial charge is 0.237 e. The summed E-state index contributed by atoms with van der Waals surface area (Å²) in [5, 5.41) is 12.2. The van der Waals surface area contributed by atoms with Gasteiger partial charge in [0.1, 0.15) is 0 Å². The van der Waals surface area contributed by atoms with Gasteiger partial charge in [0.15, 0.2) is 0 Å². The molecule has 0 bridgehead atoms. The fraction of sp³-hybridized carbons (Fsp3) is 0.909. The van der Waals surface area contributed by atoms with E-state index >= 15 is 0 Å². The Bertz CT molecular complexity index is 233. The number of carbonyl (C=O) groups excluding carboxylic acids is 1. The lowest BCUT2D eigenvalue weighted by Crippen LogP contribution is -2.59. The second-order valence-corrected chi connectivity index (χ2v) is 4.77. The molecule has 1 heterocycles. The first-order valence-corrected chi connectivity index (χ1v) is 5.89. The standard InChI is InChI=1S/C11H20N2O2/c1-8(13-6-10(14)7-13)11(15)12-9-4-2-3-5-9/h8-10,14H,2-7H2,1H3,(H,12,15). The third kappa shape index (κ3) is 2.49. The summed E-state index contributed by atoms with van der Waals surface area (Å²) in [4.78, 5) is 13.8. The summed E-state index contributed by atoms with van der Waals surface area (Å²) in [5.41, 5.74) is 0. The average molecular weight is 212 g/mol. The summed E-state index contributed by atoms with van der Waals surface area (Å²) in [6.45, 7) is 3.19. The van der Waals surface area contributed by atoms with Crippen LogP contribution in [-0.2, 0) is 4.79 Å². The predicted octanol–water partition coefficient (Wildman–Crippen LogP) is 0.110. The van der Waals surface area contributed by atoms with Crippen LogP contribution in [0.2, 0.25) is 0 Å². The Morgan fingerprint density at radius 2 is 2.00 bits per heavy atom. The lowest BCUT2D eigenvalue weighted by atomic mass is 10.1. The first-order valence-electron chi connectivity index (χ1n) is 5.89. The molecule has 15 heavy (non-hydrogen) atoms. The van der Waals surface area contributed by atoms with Crippen LogP contribution in [0, 0.1) is 0 Å². The molecule has 1 saturated carbocycles. The molecule has 0 aromatic rings. The Kier molecular flexibility index (Phi) is 3.26. The zero-order chi connectivity index (χ0) is 10.8. The Labute approximate surface area is 90.6 Å². The van der Waals surface area contributed by atoms with Crippen molar-refractivity contribution < 1.29 is 9.90 Å². The number of rotatable bonds is 3. The molecule has 1 aliphatic heterocycles. The lowest BCUT2D eigenvalue weighted by molar-refractivity contribution is -0.131. The van der Waals surface area contributed by atoms with Gasteiger partial charge in [-0.15, -0.1) is 0 Å². The van der Waals surface area contributed by atoms with Gasteiger partial charge < -0.3 is 10.4 Å². The molecule has 2 fully saturated rings. The SMILES string of the molecule is CC(C(=O)NC1CCCC1)N1CC(O)C1. The molecule has 86 valence electrons. The molecule has 1 unspecified atom stereocenters. The highest BCUT2D eigenvalue weighted by molar-refractivity contribution is 5.81. The highest BCUT2D eigenvalue weighted by atomic mass is 16.3. The van der Waals surface area contributed by atoms with Crippen LogP contribution in [0.1, 0.15) is 32.6 Å². The summed E-state index contributed by atoms with van der Waals surface area (Å²) >= 11 is 0. The number of nitrogens with one attached hydrogen (secondary N) is 1. The number of aliphatic hydroxyl groups excluding tert-OH is 1. The number of nitrogens with zero attached hydrogens (tertiary/aromatic N) is 1. The van der Waals surface area contributed by atoms with Crippen LogP contribution in [0.4, 0.5) is 0 Å². The Morgan fingerprint density at radius 1 is 1.40 bits per heavy atom. The van der Waals surface area contributed by atoms with Crippen LogP contribution in [0.3, 0.4) is 0 Å². The molecule has 1 saturated heterocycles. The number of β-amino-alcohol motifs (C(OH)–C–C–N with tert-alkyl or cyclic N) is 1. The summed E-state index contributed by atoms with van der Waals surface area (Å²) in [6.07, 6.45) is 4.50. The van der Waals surface area contributed by atoms with Crippen LogP contribution in [0.25, 0.3) is 0 Å². The van der Waals surface area contributed by atoms with Crippen molar-refractivity contribution >= 4 is 5.91 Å². The van der Waals surface area contributed by atoms with Crippen LogP contribution in [-0.4, -0.2) is 47.2 Å². The van der Waals surface area contributed by atoms with E-state index in [0.29, 0.717) is 19.1 Å². The molecule has 4 heteroatoms. The van der Waals surface area contributed by atoms with E-state index in [4.69, 9.17) is 5.11 Å². The van der Waals surface area contributed by atoms with E-state index < -0.39 is 0 Å². The highest BCUT2D eigenvalue weighted by Gasteiger charge is 2.32. The van der Waals surface area contributed by atoms with Gasteiger partial charge in [0.05, 0.1) is 12.1 Å². The van der Waals surface area contributed by atoms with E-state index in [-0.39, 0.29) is 18.1 Å². The zero-order valence-corrected chi connectivity index (χ0v) is 9.28. The molecule has 2 N–H and O–H groups in total. The van der Waals surface area contributed by atoms with Crippen molar-refractivity contribution in [3.05, 3.63) is 0 Å². The predicted molar refractivity (Wildman–Crippen MR) is 57.4 cm³/mol. The van der Waals surface area contributed by atoms with Gasteiger partial charge in [-0.1, -0.05) is 12.8 Å². The summed E-state index contributed by atoms with van der Waals surface area (Å²) in [7, 11) is 0. The maximum atomic E-state index is 11.8. The van der Waals surface area contributed by atoms with Gasteiger partial charge >= 0.3 is 0 Å². The fourth-order valence-corrected chi connectivity index (χ4v) is 2.36. The van der Waals surface area contributed by atoms with Crippen LogP contribution < -0.4 is 5.32 Å². The fourth-order valence-electron chi connectivity index (χ4n) is 2.36. The molecule has 2 rings (SSSR count). The molecule has 1 atom stereocenters. The third-order valence-electron chi connectivity index (χ3n) is 3.52. The number of hydrogen-bond acceptors (Lipinski definition) is 3. The second-order valence-electron chi connectivity index (χ2n) is 4.77. The summed E-state index contributed by atoms with van der Waals surface area (Å²) < 4.78 is 0. The third-order valence-corrected chi connectivity index (χ3v) is 3.52. The average Bonchev–Trinajstić information content (AvgIpc) is 2.64. The maximum Gasteiger partial charge on any atom is 0.237 e. The molecule has 4 nitrogen and oxygen atoms in total. The highest BCUT2D eigenvalue weighted by Crippen LogP contribution is 2.18. The normalized spacial score (nSPS) is 26.3. The monoisotopic (exact) mass is 212 g/mol. The Balaban J connectivity index is 1.74. The molecular weight excluding hydrogens is 192 g/mol. The second kappa shape index (κ2) is 4.49. The van der Waals surface area contributed by atoms with Crippen LogP contribution >= 0.6 is 0 Å². The van der Waals surface area contributed by atoms with Gasteiger partial charge in [-0.05, 0) is 19.8 Å². The minimum Gasteiger partial charge on any atom is -0.390 e. The minimum absolute atomic E-state index is 0.0889. The largest absolute Gasteiger partial charge is 0.390 e. The molecule has 1 aliphatic carbocycles. The topological polar surface area (TPSA) is 52.6 Å². The van der Waals surface area contributed by atoms with Crippen molar-refractivity contribution in [2.24, 2.45) is 0 Å². The van der Waals surface area contributed by atoms with Crippen LogP contribution in [0.15, 0.2) is 0 Å². The summed E-state index contributed by atoms with van der Waals surface area (Å²) in [6, 6.07) is 0.306. The van der Waals surface area contributed by atoms with Crippen LogP contribution in [0.5, 0.6) is 0 Å². The lowest BCUT2D eigenvalue weighted by Gasteiger charge is -2.39. The van der Waals surface area contributed by atoms with Gasteiger partial charge in [0.25, 0.3) is 0 Å². The van der Waals surface area contributed by atoms with E-state index in [9.17, 15) is 4.79 Å². The number of aliphatic hydroxyl groups is 1. The molecule has 1 amide bonds. The van der Waals surface area contributed by atoms with E-state index in [1.807, 2.05) is 11.8 Å². The van der Waals surface area contributed by atoms with Crippen molar-refractivity contribution in [2.45, 2.75) is 50.8 Å². The number of carbonyl (C=O) groups is 1. The van der Waals surface area contributed by atoms with E-state index in [1.165, 1.54) is 12.8 Å². The van der Waals surface area contributed by atoms with Crippen molar-refractivity contribution in [1.82, 2.24) is 10.2 Å². The molecule has 0 aromatic carbocycles. The number of likely N-dealkylation sites (tertiary alicyclic amines) is 1. The van der Waals surface area contributed by atoms with E-state index in [0.717, 1.165) is 12.8 Å². The van der Waals surface area contributed by atoms with Gasteiger partial charge in [0, 0.05) is 19.1 Å². The Hall–Kier alpha value is -0.610. The first kappa shape index (κ1) is 10.9. The van der Waals surface area contributed by atoms with Crippen molar-refractivity contribution in [3.8, 4) is 0 Å².